The first-order chi connectivity index (χ1) is 5.15. The van der Waals surface area contributed by atoms with Crippen molar-refractivity contribution in [1.82, 2.24) is 0 Å². The highest BCUT2D eigenvalue weighted by molar-refractivity contribution is 9.10. The van der Waals surface area contributed by atoms with E-state index >= 15 is 0 Å². The molecule has 0 spiro atoms. The van der Waals surface area contributed by atoms with Crippen LogP contribution in [0, 0.1) is 0 Å². The Morgan fingerprint density at radius 1 is 1.55 bits per heavy atom. The maximum Gasteiger partial charge on any atom is 0.156 e. The minimum absolute atomic E-state index is 0.534. The number of hydrogen-bond donors (Lipinski definition) is 1. The van der Waals surface area contributed by atoms with E-state index in [1.54, 1.807) is 19.2 Å². The van der Waals surface area contributed by atoms with E-state index in [0.717, 1.165) is 4.47 Å². The van der Waals surface area contributed by atoms with E-state index in [2.05, 4.69) is 15.9 Å². The van der Waals surface area contributed by atoms with Gasteiger partial charge in [-0.05, 0) is 28.1 Å². The Kier molecular flexibility index (Phi) is 2.62. The molecule has 0 aliphatic heterocycles. The lowest BCUT2D eigenvalue weighted by Gasteiger charge is -2.06. The van der Waals surface area contributed by atoms with Gasteiger partial charge in [-0.25, -0.2) is 0 Å². The van der Waals surface area contributed by atoms with Crippen LogP contribution in [0.5, 0.6) is 5.75 Å². The molecule has 4 heteroatoms. The first kappa shape index (κ1) is 8.68. The molecule has 0 radical (unpaired) electrons. The molecule has 0 aromatic heterocycles. The van der Waals surface area contributed by atoms with Gasteiger partial charge in [-0.1, -0.05) is 11.6 Å². The van der Waals surface area contributed by atoms with Crippen molar-refractivity contribution in [1.29, 1.82) is 0 Å². The lowest BCUT2D eigenvalue weighted by Crippen LogP contribution is -1.92. The molecule has 0 saturated carbocycles. The molecule has 0 atom stereocenters. The molecule has 1 aromatic carbocycles. The van der Waals surface area contributed by atoms with E-state index in [0.29, 0.717) is 16.5 Å². The average Bonchev–Trinajstić information content (AvgIpc) is 1.85. The summed E-state index contributed by atoms with van der Waals surface area (Å²) >= 11 is 8.98. The van der Waals surface area contributed by atoms with Crippen molar-refractivity contribution in [3.8, 4) is 5.75 Å². The fourth-order valence-electron chi connectivity index (χ4n) is 0.796. The maximum absolute atomic E-state index is 5.71. The van der Waals surface area contributed by atoms with Crippen molar-refractivity contribution >= 4 is 33.2 Å². The van der Waals surface area contributed by atoms with Crippen LogP contribution in [0.15, 0.2) is 16.6 Å². The van der Waals surface area contributed by atoms with Crippen LogP contribution in [0.4, 0.5) is 5.69 Å². The smallest absolute Gasteiger partial charge is 0.156 e. The van der Waals surface area contributed by atoms with Gasteiger partial charge in [-0.15, -0.1) is 0 Å². The molecule has 60 valence electrons. The Hall–Kier alpha value is -0.410. The summed E-state index contributed by atoms with van der Waals surface area (Å²) in [5, 5.41) is 0.593. The number of rotatable bonds is 1. The minimum atomic E-state index is 0.534. The zero-order chi connectivity index (χ0) is 8.43. The van der Waals surface area contributed by atoms with Crippen LogP contribution in [0.2, 0.25) is 5.02 Å². The zero-order valence-corrected chi connectivity index (χ0v) is 8.24. The first-order valence-electron chi connectivity index (χ1n) is 2.93. The number of methoxy groups -OCH3 is 1. The second kappa shape index (κ2) is 3.32. The summed E-state index contributed by atoms with van der Waals surface area (Å²) in [5.41, 5.74) is 6.13. The van der Waals surface area contributed by atoms with Gasteiger partial charge in [0.05, 0.1) is 17.3 Å². The van der Waals surface area contributed by atoms with Crippen LogP contribution < -0.4 is 10.5 Å². The Labute approximate surface area is 78.4 Å². The van der Waals surface area contributed by atoms with E-state index in [1.807, 2.05) is 0 Å². The summed E-state index contributed by atoms with van der Waals surface area (Å²) < 4.78 is 5.77. The molecule has 1 aromatic rings. The molecule has 0 aliphatic rings. The molecule has 0 fully saturated rings. The van der Waals surface area contributed by atoms with Crippen molar-refractivity contribution in [2.24, 2.45) is 0 Å². The molecule has 0 amide bonds. The third-order valence-corrected chi connectivity index (χ3v) is 2.05. The molecule has 0 bridgehead atoms. The van der Waals surface area contributed by atoms with Gasteiger partial charge < -0.3 is 10.5 Å². The monoisotopic (exact) mass is 235 g/mol. The lowest BCUT2D eigenvalue weighted by atomic mass is 10.3. The van der Waals surface area contributed by atoms with Crippen LogP contribution in [-0.2, 0) is 0 Å². The van der Waals surface area contributed by atoms with E-state index in [4.69, 9.17) is 22.1 Å². The van der Waals surface area contributed by atoms with E-state index < -0.39 is 0 Å². The molecule has 11 heavy (non-hydrogen) atoms. The zero-order valence-electron chi connectivity index (χ0n) is 5.90. The Bertz CT molecular complexity index is 254. The normalized spacial score (nSPS) is 9.73. The van der Waals surface area contributed by atoms with E-state index in [1.165, 1.54) is 0 Å². The third-order valence-electron chi connectivity index (χ3n) is 1.24. The third kappa shape index (κ3) is 1.79. The molecule has 0 unspecified atom stereocenters. The molecule has 2 N–H and O–H groups in total. The quantitative estimate of drug-likeness (QED) is 0.761. The highest BCUT2D eigenvalue weighted by Gasteiger charge is 2.04. The molecule has 0 saturated heterocycles. The molecular weight excluding hydrogens is 229 g/mol. The Balaban J connectivity index is 3.25. The van der Waals surface area contributed by atoms with Crippen LogP contribution in [-0.4, -0.2) is 7.11 Å². The minimum Gasteiger partial charge on any atom is -0.493 e. The Morgan fingerprint density at radius 2 is 2.18 bits per heavy atom. The Morgan fingerprint density at radius 3 is 2.64 bits per heavy atom. The fourth-order valence-corrected chi connectivity index (χ4v) is 1.79. The highest BCUT2D eigenvalue weighted by Crippen LogP contribution is 2.33. The predicted octanol–water partition coefficient (Wildman–Crippen LogP) is 2.69. The van der Waals surface area contributed by atoms with Crippen molar-refractivity contribution < 1.29 is 4.74 Å². The summed E-state index contributed by atoms with van der Waals surface area (Å²) in [5.74, 6) is 0.620. The van der Waals surface area contributed by atoms with Crippen molar-refractivity contribution in [3.05, 3.63) is 21.6 Å². The second-order valence-corrected chi connectivity index (χ2v) is 3.30. The van der Waals surface area contributed by atoms with Gasteiger partial charge in [0, 0.05) is 5.02 Å². The number of benzene rings is 1. The molecule has 1 rings (SSSR count). The molecule has 2 nitrogen and oxygen atoms in total. The largest absolute Gasteiger partial charge is 0.493 e. The molecule has 0 heterocycles. The number of halogens is 2. The van der Waals surface area contributed by atoms with Gasteiger partial charge in [-0.2, -0.15) is 0 Å². The second-order valence-electron chi connectivity index (χ2n) is 2.01. The summed E-state index contributed by atoms with van der Waals surface area (Å²) in [4.78, 5) is 0. The molecule has 0 aliphatic carbocycles. The van der Waals surface area contributed by atoms with Crippen molar-refractivity contribution in [3.63, 3.8) is 0 Å². The number of ether oxygens (including phenoxy) is 1. The SMILES string of the molecule is COc1c(N)cc(Cl)cc1Br. The van der Waals surface area contributed by atoms with Crippen LogP contribution >= 0.6 is 27.5 Å². The predicted molar refractivity (Wildman–Crippen MR) is 50.1 cm³/mol. The van der Waals surface area contributed by atoms with E-state index in [-0.39, 0.29) is 0 Å². The van der Waals surface area contributed by atoms with Crippen LogP contribution in [0.25, 0.3) is 0 Å². The van der Waals surface area contributed by atoms with E-state index in [9.17, 15) is 0 Å². The topological polar surface area (TPSA) is 35.2 Å². The maximum atomic E-state index is 5.71. The van der Waals surface area contributed by atoms with Gasteiger partial charge in [0.1, 0.15) is 0 Å². The van der Waals surface area contributed by atoms with Gasteiger partial charge in [-0.3, -0.25) is 0 Å². The summed E-state index contributed by atoms with van der Waals surface area (Å²) in [7, 11) is 1.56. The lowest BCUT2D eigenvalue weighted by molar-refractivity contribution is 0.414. The van der Waals surface area contributed by atoms with Gasteiger partial charge in [0.25, 0.3) is 0 Å². The van der Waals surface area contributed by atoms with Crippen LogP contribution in [0.1, 0.15) is 0 Å². The van der Waals surface area contributed by atoms with Gasteiger partial charge in [0.2, 0.25) is 0 Å². The van der Waals surface area contributed by atoms with Crippen molar-refractivity contribution in [2.45, 2.75) is 0 Å². The summed E-state index contributed by atoms with van der Waals surface area (Å²) in [6.45, 7) is 0. The number of nitrogen functional groups attached to an aromatic ring is 1. The summed E-state index contributed by atoms with van der Waals surface area (Å²) in [6, 6.07) is 3.38. The van der Waals surface area contributed by atoms with Gasteiger partial charge >= 0.3 is 0 Å². The standard InChI is InChI=1S/C7H7BrClNO/c1-11-7-5(8)2-4(9)3-6(7)10/h2-3H,10H2,1H3. The highest BCUT2D eigenvalue weighted by atomic mass is 79.9. The number of hydrogen-bond acceptors (Lipinski definition) is 2. The average molecular weight is 236 g/mol. The van der Waals surface area contributed by atoms with Crippen LogP contribution in [0.3, 0.4) is 0 Å². The van der Waals surface area contributed by atoms with Gasteiger partial charge in [0.15, 0.2) is 5.75 Å². The van der Waals surface area contributed by atoms with Crippen molar-refractivity contribution in [2.75, 3.05) is 12.8 Å². The fraction of sp³-hybridized carbons (Fsp3) is 0.143. The summed E-state index contributed by atoms with van der Waals surface area (Å²) in [6.07, 6.45) is 0. The number of anilines is 1. The number of nitrogens with two attached hydrogens (primary N) is 1. The molecular formula is C7H7BrClNO. The first-order valence-corrected chi connectivity index (χ1v) is 4.10.